The molecule has 0 radical (unpaired) electrons. The van der Waals surface area contributed by atoms with Crippen molar-refractivity contribution in [1.82, 2.24) is 4.57 Å². The van der Waals surface area contributed by atoms with E-state index in [-0.39, 0.29) is 18.6 Å². The lowest BCUT2D eigenvalue weighted by Crippen LogP contribution is -2.26. The van der Waals surface area contributed by atoms with Gasteiger partial charge in [0.15, 0.2) is 6.10 Å². The molecular formula is C30H28FNO6. The number of carbonyl (C=O) groups is 2. The second-order valence-corrected chi connectivity index (χ2v) is 8.60. The third-order valence-electron chi connectivity index (χ3n) is 6.09. The maximum Gasteiger partial charge on any atom is 0.337 e. The van der Waals surface area contributed by atoms with E-state index in [1.165, 1.54) is 12.1 Å². The Morgan fingerprint density at radius 1 is 0.921 bits per heavy atom. The van der Waals surface area contributed by atoms with Crippen molar-refractivity contribution >= 4 is 11.9 Å². The highest BCUT2D eigenvalue weighted by Crippen LogP contribution is 2.33. The number of aromatic carboxylic acids is 1. The molecule has 0 aliphatic heterocycles. The van der Waals surface area contributed by atoms with Crippen LogP contribution in [0, 0.1) is 5.82 Å². The van der Waals surface area contributed by atoms with Gasteiger partial charge in [0.1, 0.15) is 18.2 Å². The normalized spacial score (nSPS) is 11.7. The summed E-state index contributed by atoms with van der Waals surface area (Å²) in [5, 5.41) is 19.3. The van der Waals surface area contributed by atoms with Crippen molar-refractivity contribution in [2.24, 2.45) is 0 Å². The smallest absolute Gasteiger partial charge is 0.337 e. The maximum absolute atomic E-state index is 13.6. The molecule has 0 spiro atoms. The van der Waals surface area contributed by atoms with Gasteiger partial charge in [-0.15, -0.1) is 0 Å². The first-order chi connectivity index (χ1) is 18.4. The quantitative estimate of drug-likeness (QED) is 0.248. The van der Waals surface area contributed by atoms with Crippen LogP contribution < -0.4 is 4.74 Å². The molecule has 0 aliphatic carbocycles. The molecule has 1 unspecified atom stereocenters. The van der Waals surface area contributed by atoms with Crippen LogP contribution in [0.1, 0.15) is 22.8 Å². The molecular weight excluding hydrogens is 489 g/mol. The third kappa shape index (κ3) is 6.27. The Labute approximate surface area is 219 Å². The van der Waals surface area contributed by atoms with E-state index >= 15 is 0 Å². The fourth-order valence-electron chi connectivity index (χ4n) is 4.32. The standard InChI is InChI=1S/C30H28FNO6/c1-2-37-27(30(35)36)18-20-8-14-24(15-9-20)38-17-16-32-26(21-6-4-3-5-7-21)19-25(29(33)34)28(32)22-10-12-23(31)13-11-22/h3-15,19,27H,2,16-18H2,1H3,(H,33,34)(H,35,36). The Balaban J connectivity index is 1.58. The molecule has 196 valence electrons. The zero-order chi connectivity index (χ0) is 27.1. The molecule has 0 bridgehead atoms. The Bertz CT molecular complexity index is 1380. The molecule has 0 saturated heterocycles. The molecule has 0 fully saturated rings. The zero-order valence-corrected chi connectivity index (χ0v) is 20.8. The minimum atomic E-state index is -1.08. The van der Waals surface area contributed by atoms with Gasteiger partial charge < -0.3 is 24.3 Å². The van der Waals surface area contributed by atoms with E-state index in [9.17, 15) is 24.2 Å². The van der Waals surface area contributed by atoms with Gasteiger partial charge in [-0.05, 0) is 66.1 Å². The molecule has 8 heteroatoms. The van der Waals surface area contributed by atoms with Crippen molar-refractivity contribution in [2.45, 2.75) is 26.0 Å². The van der Waals surface area contributed by atoms with Crippen LogP contribution in [0.2, 0.25) is 0 Å². The molecule has 1 aromatic heterocycles. The molecule has 38 heavy (non-hydrogen) atoms. The molecule has 2 N–H and O–H groups in total. The van der Waals surface area contributed by atoms with E-state index in [0.717, 1.165) is 11.1 Å². The van der Waals surface area contributed by atoms with Crippen LogP contribution in [0.5, 0.6) is 5.75 Å². The second-order valence-electron chi connectivity index (χ2n) is 8.60. The number of hydrogen-bond donors (Lipinski definition) is 2. The number of aromatic nitrogens is 1. The zero-order valence-electron chi connectivity index (χ0n) is 20.8. The molecule has 0 aliphatic rings. The second kappa shape index (κ2) is 12.2. The van der Waals surface area contributed by atoms with E-state index in [4.69, 9.17) is 9.47 Å². The van der Waals surface area contributed by atoms with Gasteiger partial charge in [-0.2, -0.15) is 0 Å². The minimum absolute atomic E-state index is 0.113. The summed E-state index contributed by atoms with van der Waals surface area (Å²) in [7, 11) is 0. The summed E-state index contributed by atoms with van der Waals surface area (Å²) in [4.78, 5) is 23.5. The average molecular weight is 518 g/mol. The van der Waals surface area contributed by atoms with Gasteiger partial charge >= 0.3 is 11.9 Å². The van der Waals surface area contributed by atoms with E-state index in [0.29, 0.717) is 35.9 Å². The SMILES string of the molecule is CCOC(Cc1ccc(OCCn2c(-c3ccccc3)cc(C(=O)O)c2-c2ccc(F)cc2)cc1)C(=O)O. The first-order valence-electron chi connectivity index (χ1n) is 12.2. The average Bonchev–Trinajstić information content (AvgIpc) is 3.30. The summed E-state index contributed by atoms with van der Waals surface area (Å²) in [5.74, 6) is -1.91. The van der Waals surface area contributed by atoms with Crippen molar-refractivity contribution in [2.75, 3.05) is 13.2 Å². The van der Waals surface area contributed by atoms with Crippen LogP contribution in [-0.4, -0.2) is 46.0 Å². The molecule has 7 nitrogen and oxygen atoms in total. The number of rotatable bonds is 12. The van der Waals surface area contributed by atoms with E-state index < -0.39 is 23.9 Å². The number of carboxylic acid groups (broad SMARTS) is 2. The van der Waals surface area contributed by atoms with Gasteiger partial charge in [0.05, 0.1) is 17.8 Å². The predicted octanol–water partition coefficient (Wildman–Crippen LogP) is 5.77. The Hall–Kier alpha value is -4.43. The van der Waals surface area contributed by atoms with Crippen molar-refractivity contribution in [1.29, 1.82) is 0 Å². The first kappa shape index (κ1) is 26.6. The van der Waals surface area contributed by atoms with Crippen LogP contribution in [0.25, 0.3) is 22.5 Å². The van der Waals surface area contributed by atoms with Crippen LogP contribution in [0.4, 0.5) is 4.39 Å². The number of halogens is 1. The van der Waals surface area contributed by atoms with Crippen molar-refractivity contribution in [3.63, 3.8) is 0 Å². The summed E-state index contributed by atoms with van der Waals surface area (Å²) in [6.07, 6.45) is -0.670. The van der Waals surface area contributed by atoms with E-state index in [1.54, 1.807) is 49.4 Å². The number of carboxylic acids is 2. The largest absolute Gasteiger partial charge is 0.492 e. The molecule has 0 amide bonds. The summed E-state index contributed by atoms with van der Waals surface area (Å²) >= 11 is 0. The topological polar surface area (TPSA) is 98.0 Å². The van der Waals surface area contributed by atoms with Gasteiger partial charge in [0.2, 0.25) is 0 Å². The predicted molar refractivity (Wildman–Crippen MR) is 141 cm³/mol. The lowest BCUT2D eigenvalue weighted by Gasteiger charge is -2.16. The highest BCUT2D eigenvalue weighted by molar-refractivity contribution is 5.97. The first-order valence-corrected chi connectivity index (χ1v) is 12.2. The van der Waals surface area contributed by atoms with Crippen molar-refractivity contribution in [3.8, 4) is 28.3 Å². The fourth-order valence-corrected chi connectivity index (χ4v) is 4.32. The van der Waals surface area contributed by atoms with Gasteiger partial charge in [-0.25, -0.2) is 14.0 Å². The highest BCUT2D eigenvalue weighted by Gasteiger charge is 2.22. The van der Waals surface area contributed by atoms with Gasteiger partial charge in [-0.3, -0.25) is 0 Å². The van der Waals surface area contributed by atoms with Gasteiger partial charge in [0.25, 0.3) is 0 Å². The maximum atomic E-state index is 13.6. The van der Waals surface area contributed by atoms with Crippen LogP contribution in [0.3, 0.4) is 0 Å². The lowest BCUT2D eigenvalue weighted by atomic mass is 10.1. The van der Waals surface area contributed by atoms with E-state index in [1.807, 2.05) is 34.9 Å². The number of hydrogen-bond acceptors (Lipinski definition) is 4. The van der Waals surface area contributed by atoms with Crippen molar-refractivity contribution in [3.05, 3.63) is 102 Å². The van der Waals surface area contributed by atoms with Crippen LogP contribution >= 0.6 is 0 Å². The number of aliphatic carboxylic acids is 1. The summed E-state index contributed by atoms with van der Waals surface area (Å²) in [6.45, 7) is 2.63. The number of nitrogens with zero attached hydrogens (tertiary/aromatic N) is 1. The summed E-state index contributed by atoms with van der Waals surface area (Å²) in [5.41, 5.74) is 3.51. The third-order valence-corrected chi connectivity index (χ3v) is 6.09. The Morgan fingerprint density at radius 3 is 2.21 bits per heavy atom. The molecule has 1 atom stereocenters. The minimum Gasteiger partial charge on any atom is -0.492 e. The fraction of sp³-hybridized carbons (Fsp3) is 0.200. The number of ether oxygens (including phenoxy) is 2. The van der Waals surface area contributed by atoms with Gasteiger partial charge in [0, 0.05) is 18.7 Å². The van der Waals surface area contributed by atoms with E-state index in [2.05, 4.69) is 0 Å². The molecule has 0 saturated carbocycles. The molecule has 3 aromatic carbocycles. The monoisotopic (exact) mass is 517 g/mol. The lowest BCUT2D eigenvalue weighted by molar-refractivity contribution is -0.149. The van der Waals surface area contributed by atoms with Crippen LogP contribution in [-0.2, 0) is 22.5 Å². The Morgan fingerprint density at radius 2 is 1.61 bits per heavy atom. The van der Waals surface area contributed by atoms with Gasteiger partial charge in [-0.1, -0.05) is 42.5 Å². The van der Waals surface area contributed by atoms with Crippen molar-refractivity contribution < 1.29 is 33.7 Å². The summed E-state index contributed by atoms with van der Waals surface area (Å²) < 4.78 is 26.7. The van der Waals surface area contributed by atoms with Crippen LogP contribution in [0.15, 0.2) is 84.9 Å². The molecule has 4 rings (SSSR count). The number of benzene rings is 3. The molecule has 1 heterocycles. The Kier molecular flexibility index (Phi) is 8.55. The summed E-state index contributed by atoms with van der Waals surface area (Å²) in [6, 6.07) is 23.9. The highest BCUT2D eigenvalue weighted by atomic mass is 19.1. The molecule has 4 aromatic rings.